The van der Waals surface area contributed by atoms with E-state index in [2.05, 4.69) is 5.32 Å². The molecule has 33 heavy (non-hydrogen) atoms. The Kier molecular flexibility index (Phi) is 8.09. The van der Waals surface area contributed by atoms with Crippen molar-refractivity contribution in [2.45, 2.75) is 45.7 Å². The number of carbonyl (C=O) groups excluding carboxylic acids is 3. The van der Waals surface area contributed by atoms with Gasteiger partial charge in [-0.15, -0.1) is 0 Å². The van der Waals surface area contributed by atoms with Gasteiger partial charge >= 0.3 is 12.0 Å². The number of hydrogen-bond acceptors (Lipinski definition) is 4. The molecular formula is C26H33N3O4. The Bertz CT molecular complexity index is 933. The van der Waals surface area contributed by atoms with Gasteiger partial charge < -0.3 is 19.9 Å². The molecule has 1 N–H and O–H groups in total. The highest BCUT2D eigenvalue weighted by Gasteiger charge is 2.31. The van der Waals surface area contributed by atoms with Crippen LogP contribution in [0.1, 0.15) is 39.2 Å². The SMILES string of the molecule is CC(C)(C)N(Cc1ccccc1)C(=O)COC(=O)C1CCN(C(=O)Nc2ccccc2)CC1. The predicted octanol–water partition coefficient (Wildman–Crippen LogP) is 4.30. The first-order chi connectivity index (χ1) is 15.7. The summed E-state index contributed by atoms with van der Waals surface area (Å²) in [6.07, 6.45) is 1.03. The number of rotatable bonds is 6. The second-order valence-electron chi connectivity index (χ2n) is 9.30. The average Bonchev–Trinajstić information content (AvgIpc) is 2.81. The molecule has 0 spiro atoms. The summed E-state index contributed by atoms with van der Waals surface area (Å²) in [5.74, 6) is -0.907. The molecular weight excluding hydrogens is 418 g/mol. The standard InChI is InChI=1S/C26H33N3O4/c1-26(2,3)29(18-20-10-6-4-7-11-20)23(30)19-33-24(31)21-14-16-28(17-15-21)25(32)27-22-12-8-5-9-13-22/h4-13,21H,14-19H2,1-3H3,(H,27,32). The molecule has 0 radical (unpaired) electrons. The summed E-state index contributed by atoms with van der Waals surface area (Å²) in [7, 11) is 0. The van der Waals surface area contributed by atoms with Gasteiger partial charge in [0, 0.05) is 30.9 Å². The molecule has 7 heteroatoms. The molecule has 0 bridgehead atoms. The van der Waals surface area contributed by atoms with E-state index in [1.807, 2.05) is 81.4 Å². The van der Waals surface area contributed by atoms with E-state index >= 15 is 0 Å². The summed E-state index contributed by atoms with van der Waals surface area (Å²) in [6, 6.07) is 18.9. The van der Waals surface area contributed by atoms with Gasteiger partial charge in [-0.1, -0.05) is 48.5 Å². The molecule has 3 amide bonds. The summed E-state index contributed by atoms with van der Waals surface area (Å²) >= 11 is 0. The lowest BCUT2D eigenvalue weighted by Gasteiger charge is -2.36. The Morgan fingerprint density at radius 3 is 2.12 bits per heavy atom. The van der Waals surface area contributed by atoms with E-state index in [1.165, 1.54) is 0 Å². The van der Waals surface area contributed by atoms with Gasteiger partial charge in [0.1, 0.15) is 0 Å². The number of urea groups is 1. The van der Waals surface area contributed by atoms with E-state index < -0.39 is 5.54 Å². The maximum atomic E-state index is 12.9. The van der Waals surface area contributed by atoms with Crippen LogP contribution in [-0.2, 0) is 20.9 Å². The minimum absolute atomic E-state index is 0.176. The summed E-state index contributed by atoms with van der Waals surface area (Å²) in [4.78, 5) is 41.3. The first kappa shape index (κ1) is 24.3. The van der Waals surface area contributed by atoms with E-state index in [4.69, 9.17) is 4.74 Å². The van der Waals surface area contributed by atoms with E-state index in [-0.39, 0.29) is 30.4 Å². The van der Waals surface area contributed by atoms with Gasteiger partial charge in [-0.3, -0.25) is 9.59 Å². The quantitative estimate of drug-likeness (QED) is 0.664. The Balaban J connectivity index is 1.47. The van der Waals surface area contributed by atoms with Gasteiger partial charge in [0.15, 0.2) is 6.61 Å². The monoisotopic (exact) mass is 451 g/mol. The second kappa shape index (κ2) is 11.0. The number of benzene rings is 2. The highest BCUT2D eigenvalue weighted by Crippen LogP contribution is 2.21. The third-order valence-electron chi connectivity index (χ3n) is 5.77. The van der Waals surface area contributed by atoms with Gasteiger partial charge in [-0.2, -0.15) is 0 Å². The van der Waals surface area contributed by atoms with Crippen molar-refractivity contribution in [1.82, 2.24) is 9.80 Å². The van der Waals surface area contributed by atoms with Gasteiger partial charge in [0.25, 0.3) is 5.91 Å². The van der Waals surface area contributed by atoms with Crippen LogP contribution in [0.15, 0.2) is 60.7 Å². The number of ether oxygens (including phenoxy) is 1. The van der Waals surface area contributed by atoms with Gasteiger partial charge in [0.2, 0.25) is 0 Å². The summed E-state index contributed by atoms with van der Waals surface area (Å²) in [5, 5.41) is 2.86. The number of piperidine rings is 1. The van der Waals surface area contributed by atoms with Crippen LogP contribution in [0.3, 0.4) is 0 Å². The number of nitrogens with one attached hydrogen (secondary N) is 1. The van der Waals surface area contributed by atoms with Crippen LogP contribution in [0, 0.1) is 5.92 Å². The Hall–Kier alpha value is -3.35. The van der Waals surface area contributed by atoms with E-state index in [1.54, 1.807) is 9.80 Å². The molecule has 1 aliphatic heterocycles. The number of likely N-dealkylation sites (tertiary alicyclic amines) is 1. The van der Waals surface area contributed by atoms with E-state index in [0.717, 1.165) is 11.3 Å². The second-order valence-corrected chi connectivity index (χ2v) is 9.30. The largest absolute Gasteiger partial charge is 0.455 e. The maximum absolute atomic E-state index is 12.9. The van der Waals surface area contributed by atoms with Crippen LogP contribution in [0.2, 0.25) is 0 Å². The lowest BCUT2D eigenvalue weighted by Crippen LogP contribution is -2.47. The Labute approximate surface area is 195 Å². The van der Waals surface area contributed by atoms with Crippen LogP contribution in [0.4, 0.5) is 10.5 Å². The minimum Gasteiger partial charge on any atom is -0.455 e. The van der Waals surface area contributed by atoms with Crippen molar-refractivity contribution >= 4 is 23.6 Å². The number of anilines is 1. The average molecular weight is 452 g/mol. The van der Waals surface area contributed by atoms with Crippen LogP contribution in [0.25, 0.3) is 0 Å². The molecule has 0 unspecified atom stereocenters. The highest BCUT2D eigenvalue weighted by molar-refractivity contribution is 5.89. The molecule has 1 saturated heterocycles. The van der Waals surface area contributed by atoms with Crippen molar-refractivity contribution in [3.63, 3.8) is 0 Å². The summed E-state index contributed by atoms with van der Waals surface area (Å²) < 4.78 is 5.40. The number of carbonyl (C=O) groups is 3. The first-order valence-corrected chi connectivity index (χ1v) is 11.4. The van der Waals surface area contributed by atoms with Crippen molar-refractivity contribution in [2.24, 2.45) is 5.92 Å². The third-order valence-corrected chi connectivity index (χ3v) is 5.77. The zero-order chi connectivity index (χ0) is 23.8. The lowest BCUT2D eigenvalue weighted by atomic mass is 9.97. The van der Waals surface area contributed by atoms with Crippen molar-refractivity contribution in [3.05, 3.63) is 66.2 Å². The third kappa shape index (κ3) is 7.07. The molecule has 176 valence electrons. The molecule has 1 heterocycles. The molecule has 3 rings (SSSR count). The molecule has 1 fully saturated rings. The van der Waals surface area contributed by atoms with Crippen LogP contribution < -0.4 is 5.32 Å². The molecule has 0 aliphatic carbocycles. The normalized spacial score (nSPS) is 14.5. The van der Waals surface area contributed by atoms with Crippen LogP contribution in [0.5, 0.6) is 0 Å². The molecule has 7 nitrogen and oxygen atoms in total. The highest BCUT2D eigenvalue weighted by atomic mass is 16.5. The zero-order valence-corrected chi connectivity index (χ0v) is 19.6. The van der Waals surface area contributed by atoms with Crippen LogP contribution in [-0.4, -0.2) is 52.9 Å². The number of para-hydroxylation sites is 1. The minimum atomic E-state index is -0.406. The van der Waals surface area contributed by atoms with Crippen molar-refractivity contribution in [1.29, 1.82) is 0 Å². The smallest absolute Gasteiger partial charge is 0.321 e. The molecule has 2 aromatic carbocycles. The number of esters is 1. The van der Waals surface area contributed by atoms with Gasteiger partial charge in [0.05, 0.1) is 5.92 Å². The van der Waals surface area contributed by atoms with Gasteiger partial charge in [-0.05, 0) is 51.3 Å². The molecule has 1 aliphatic rings. The van der Waals surface area contributed by atoms with Gasteiger partial charge in [-0.25, -0.2) is 4.79 Å². The maximum Gasteiger partial charge on any atom is 0.321 e. The lowest BCUT2D eigenvalue weighted by molar-refractivity contribution is -0.158. The van der Waals surface area contributed by atoms with E-state index in [9.17, 15) is 14.4 Å². The molecule has 2 aromatic rings. The fourth-order valence-electron chi connectivity index (χ4n) is 3.84. The van der Waals surface area contributed by atoms with E-state index in [0.29, 0.717) is 32.5 Å². The Morgan fingerprint density at radius 2 is 1.55 bits per heavy atom. The molecule has 0 atom stereocenters. The van der Waals surface area contributed by atoms with Crippen molar-refractivity contribution in [3.8, 4) is 0 Å². The summed E-state index contributed by atoms with van der Waals surface area (Å²) in [6.45, 7) is 7.00. The van der Waals surface area contributed by atoms with Crippen LogP contribution >= 0.6 is 0 Å². The first-order valence-electron chi connectivity index (χ1n) is 11.4. The topological polar surface area (TPSA) is 79.0 Å². The number of hydrogen-bond donors (Lipinski definition) is 1. The predicted molar refractivity (Wildman–Crippen MR) is 127 cm³/mol. The number of nitrogens with zero attached hydrogens (tertiary/aromatic N) is 2. The molecule has 0 saturated carbocycles. The fraction of sp³-hybridized carbons (Fsp3) is 0.423. The Morgan fingerprint density at radius 1 is 0.970 bits per heavy atom. The molecule has 0 aromatic heterocycles. The summed E-state index contributed by atoms with van der Waals surface area (Å²) in [5.41, 5.74) is 1.35. The van der Waals surface area contributed by atoms with Crippen molar-refractivity contribution in [2.75, 3.05) is 25.0 Å². The van der Waals surface area contributed by atoms with Crippen molar-refractivity contribution < 1.29 is 19.1 Å². The zero-order valence-electron chi connectivity index (χ0n) is 19.6. The fourth-order valence-corrected chi connectivity index (χ4v) is 3.84. The number of amides is 3.